The maximum atomic E-state index is 14.5. The number of carbonyl (C=O) groups excluding carboxylic acids is 11. The molecule has 11 amide bonds. The Bertz CT molecular complexity index is 2840. The molecule has 0 saturated carbocycles. The zero-order chi connectivity index (χ0) is 67.2. The Kier molecular flexibility index (Phi) is 31.8. The third-order valence-electron chi connectivity index (χ3n) is 13.3. The van der Waals surface area contributed by atoms with Crippen LogP contribution in [0.2, 0.25) is 0 Å². The van der Waals surface area contributed by atoms with Crippen LogP contribution in [0.1, 0.15) is 105 Å². The number of amides is 11. The van der Waals surface area contributed by atoms with Gasteiger partial charge in [-0.25, -0.2) is 4.98 Å². The summed E-state index contributed by atoms with van der Waals surface area (Å²) < 4.78 is 0. The van der Waals surface area contributed by atoms with Gasteiger partial charge >= 0.3 is 11.9 Å². The maximum Gasteiger partial charge on any atom is 0.325 e. The second kappa shape index (κ2) is 37.6. The Morgan fingerprint density at radius 3 is 1.70 bits per heavy atom. The number of phenols is 1. The van der Waals surface area contributed by atoms with Gasteiger partial charge in [0.25, 0.3) is 0 Å². The Balaban J connectivity index is 2.46. The Morgan fingerprint density at radius 2 is 1.16 bits per heavy atom. The molecule has 0 bridgehead atoms. The fraction of sp³-hybridized carbons (Fsp3) is 0.526. The number of carbonyl (C=O) groups is 13. The van der Waals surface area contributed by atoms with E-state index < -0.39 is 156 Å². The van der Waals surface area contributed by atoms with Crippen LogP contribution in [0.3, 0.4) is 0 Å². The number of aliphatic imine (C=N–C) groups is 1. The third kappa shape index (κ3) is 27.1. The van der Waals surface area contributed by atoms with Crippen molar-refractivity contribution in [2.75, 3.05) is 13.1 Å². The minimum absolute atomic E-state index is 0.0256. The van der Waals surface area contributed by atoms with Gasteiger partial charge in [0.05, 0.1) is 19.2 Å². The van der Waals surface area contributed by atoms with E-state index in [1.54, 1.807) is 27.7 Å². The van der Waals surface area contributed by atoms with Crippen molar-refractivity contribution in [2.45, 2.75) is 167 Å². The zero-order valence-corrected chi connectivity index (χ0v) is 51.0. The topological polar surface area (TPSA) is 513 Å². The second-order valence-corrected chi connectivity index (χ2v) is 21.7. The molecule has 490 valence electrons. The highest BCUT2D eigenvalue weighted by molar-refractivity contribution is 6.00. The molecule has 32 nitrogen and oxygen atoms in total. The molecule has 2 rings (SSSR count). The molecule has 0 aliphatic heterocycles. The van der Waals surface area contributed by atoms with Gasteiger partial charge in [-0.2, -0.15) is 0 Å². The molecule has 2 aromatic rings. The highest BCUT2D eigenvalue weighted by Crippen LogP contribution is 2.15. The molecular formula is C57H86N16O16. The van der Waals surface area contributed by atoms with E-state index in [0.29, 0.717) is 11.3 Å². The van der Waals surface area contributed by atoms with Crippen LogP contribution < -0.4 is 65.1 Å². The van der Waals surface area contributed by atoms with Crippen molar-refractivity contribution in [3.63, 3.8) is 0 Å². The van der Waals surface area contributed by atoms with E-state index in [9.17, 15) is 77.6 Å². The average Bonchev–Trinajstić information content (AvgIpc) is 3.43. The molecular weight excluding hydrogens is 1160 g/mol. The number of primary amides is 1. The van der Waals surface area contributed by atoms with Crippen LogP contribution in [-0.2, 0) is 75.2 Å². The fourth-order valence-electron chi connectivity index (χ4n) is 8.55. The largest absolute Gasteiger partial charge is 0.508 e. The van der Waals surface area contributed by atoms with Crippen LogP contribution >= 0.6 is 0 Å². The van der Waals surface area contributed by atoms with E-state index in [1.807, 2.05) is 0 Å². The van der Waals surface area contributed by atoms with Crippen molar-refractivity contribution < 1.29 is 77.6 Å². The number of aromatic hydroxyl groups is 1. The number of nitrogens with zero attached hydrogens (tertiary/aromatic N) is 3. The molecule has 89 heavy (non-hydrogen) atoms. The van der Waals surface area contributed by atoms with E-state index in [-0.39, 0.29) is 75.7 Å². The number of phenolic OH excluding ortho intramolecular Hbond substituents is 1. The number of imidazole rings is 1. The first-order valence-electron chi connectivity index (χ1n) is 28.6. The molecule has 32 heteroatoms. The van der Waals surface area contributed by atoms with Crippen molar-refractivity contribution >= 4 is 82.9 Å². The van der Waals surface area contributed by atoms with Gasteiger partial charge in [-0.05, 0) is 76.0 Å². The van der Waals surface area contributed by atoms with E-state index in [2.05, 4.69) is 76.0 Å². The number of H-pyrrole nitrogens is 1. The summed E-state index contributed by atoms with van der Waals surface area (Å²) in [5.41, 5.74) is 17.4. The molecule has 1 aromatic heterocycles. The summed E-state index contributed by atoms with van der Waals surface area (Å²) in [6, 6.07) is -9.29. The first kappa shape index (κ1) is 75.2. The summed E-state index contributed by atoms with van der Waals surface area (Å²) >= 11 is 0. The lowest BCUT2D eigenvalue weighted by molar-refractivity contribution is -0.144. The summed E-state index contributed by atoms with van der Waals surface area (Å²) in [6.07, 6.45) is 3.24. The van der Waals surface area contributed by atoms with Crippen molar-refractivity contribution in [1.29, 1.82) is 0 Å². The lowest BCUT2D eigenvalue weighted by atomic mass is 9.98. The molecule has 1 aromatic carbocycles. The van der Waals surface area contributed by atoms with Gasteiger partial charge in [0.15, 0.2) is 5.96 Å². The molecule has 0 fully saturated rings. The quantitative estimate of drug-likeness (QED) is 0.0136. The number of nitrogens with one attached hydrogen (secondary N) is 10. The number of nitrogens with two attached hydrogens (primary N) is 3. The number of carboxylic acid groups (broad SMARTS) is 2. The molecule has 0 saturated heterocycles. The van der Waals surface area contributed by atoms with E-state index in [0.717, 1.165) is 4.90 Å². The van der Waals surface area contributed by atoms with Gasteiger partial charge in [0, 0.05) is 44.2 Å². The average molecular weight is 1250 g/mol. The SMILES string of the molecule is C=CCCC(=O)N[C@@H](CC(=O)O)C(=O)N[C@@H](C)C(=O)N(CC=C)[C@@H](C)C(=O)N[C@@H](CC(N)=O)C(=O)N[C@@H](CC(C)C)C(=O)N[C@H](C(=O)N[C@@H](CCCN=C(N)N)C(=O)N[C@@H](Cc1cnc[nH]1)C(=O)N[C@@H](Cc1ccc(O)cc1)C(=O)N[C@@H](C)C(=O)O)C(C)C. The van der Waals surface area contributed by atoms with Crippen LogP contribution in [0.4, 0.5) is 0 Å². The molecule has 0 unspecified atom stereocenters. The number of aromatic amines is 1. The monoisotopic (exact) mass is 1250 g/mol. The Hall–Kier alpha value is -9.91. The molecule has 0 radical (unpaired) electrons. The highest BCUT2D eigenvalue weighted by atomic mass is 16.4. The van der Waals surface area contributed by atoms with Crippen LogP contribution in [0.5, 0.6) is 5.75 Å². The molecule has 0 spiro atoms. The molecule has 0 aliphatic carbocycles. The summed E-state index contributed by atoms with van der Waals surface area (Å²) in [5, 5.41) is 51.1. The standard InChI is InChI=1S/C57H86N16O16/c1-10-12-15-44(76)66-42(26-45(77)78)50(82)64-31(7)55(87)73(21-11-2)33(9)47(79)68-41(25-43(58)75)52(84)69-38(22-29(3)4)53(85)72-46(30(5)6)54(86)67-37(14-13-20-62-57(59)60)48(80)71-40(24-35-27-61-28-63-35)51(83)70-39(49(81)65-32(8)56(88)89)23-34-16-18-36(74)19-17-34/h10-11,16-19,27-33,37-42,46,74H,1-2,12-15,20-26H2,3-9H3,(H2,58,75)(H,61,63)(H,64,82)(H,65,81)(H,66,76)(H,67,86)(H,68,79)(H,69,84)(H,70,83)(H,71,80)(H,72,85)(H,77,78)(H,88,89)(H4,59,60,62)/t31-,32-,33-,37-,38-,39-,40-,41-,42-,46-/m0/s1. The van der Waals surface area contributed by atoms with Crippen LogP contribution in [0, 0.1) is 11.8 Å². The fourth-order valence-corrected chi connectivity index (χ4v) is 8.55. The molecule has 19 N–H and O–H groups in total. The summed E-state index contributed by atoms with van der Waals surface area (Å²) in [7, 11) is 0. The number of aromatic nitrogens is 2. The first-order valence-corrected chi connectivity index (χ1v) is 28.6. The van der Waals surface area contributed by atoms with Gasteiger partial charge in [0.2, 0.25) is 65.0 Å². The lowest BCUT2D eigenvalue weighted by Crippen LogP contribution is -2.61. The molecule has 10 atom stereocenters. The number of carboxylic acids is 2. The van der Waals surface area contributed by atoms with Gasteiger partial charge in [-0.1, -0.05) is 52.0 Å². The minimum Gasteiger partial charge on any atom is -0.508 e. The second-order valence-electron chi connectivity index (χ2n) is 21.7. The summed E-state index contributed by atoms with van der Waals surface area (Å²) in [4.78, 5) is 186. The van der Waals surface area contributed by atoms with Crippen LogP contribution in [-0.4, -0.2) is 187 Å². The van der Waals surface area contributed by atoms with Crippen molar-refractivity contribution in [1.82, 2.24) is 62.7 Å². The van der Waals surface area contributed by atoms with Crippen molar-refractivity contribution in [3.8, 4) is 5.75 Å². The van der Waals surface area contributed by atoms with Crippen LogP contribution in [0.15, 0.2) is 67.1 Å². The normalized spacial score (nSPS) is 14.3. The zero-order valence-electron chi connectivity index (χ0n) is 51.0. The van der Waals surface area contributed by atoms with Crippen molar-refractivity contribution in [3.05, 3.63) is 73.4 Å². The number of benzene rings is 1. The van der Waals surface area contributed by atoms with Gasteiger partial charge in [0.1, 0.15) is 66.2 Å². The predicted molar refractivity (Wildman–Crippen MR) is 322 cm³/mol. The van der Waals surface area contributed by atoms with E-state index >= 15 is 0 Å². The lowest BCUT2D eigenvalue weighted by Gasteiger charge is -2.32. The minimum atomic E-state index is -1.77. The number of guanidine groups is 1. The Morgan fingerprint density at radius 1 is 0.629 bits per heavy atom. The van der Waals surface area contributed by atoms with Crippen LogP contribution in [0.25, 0.3) is 0 Å². The summed E-state index contributed by atoms with van der Waals surface area (Å²) in [6.45, 7) is 17.1. The van der Waals surface area contributed by atoms with Gasteiger partial charge in [-0.15, -0.1) is 13.2 Å². The smallest absolute Gasteiger partial charge is 0.325 e. The molecule has 1 heterocycles. The number of allylic oxidation sites excluding steroid dienone is 1. The summed E-state index contributed by atoms with van der Waals surface area (Å²) in [5.74, 6) is -14.5. The van der Waals surface area contributed by atoms with Gasteiger partial charge in [-0.3, -0.25) is 67.3 Å². The van der Waals surface area contributed by atoms with E-state index in [4.69, 9.17) is 17.2 Å². The Labute approximate surface area is 514 Å². The molecule has 0 aliphatic rings. The van der Waals surface area contributed by atoms with Crippen molar-refractivity contribution in [2.24, 2.45) is 34.0 Å². The maximum absolute atomic E-state index is 14.5. The first-order chi connectivity index (χ1) is 41.8. The number of hydrogen-bond acceptors (Lipinski definition) is 16. The highest BCUT2D eigenvalue weighted by Gasteiger charge is 2.38. The predicted octanol–water partition coefficient (Wildman–Crippen LogP) is -3.14. The van der Waals surface area contributed by atoms with E-state index in [1.165, 1.54) is 69.7 Å². The number of rotatable bonds is 40. The van der Waals surface area contributed by atoms with Gasteiger partial charge < -0.3 is 90.3 Å². The number of aliphatic carboxylic acids is 2. The third-order valence-corrected chi connectivity index (χ3v) is 13.3. The number of hydrogen-bond donors (Lipinski definition) is 16.